The molecule has 0 unspecified atom stereocenters. The predicted octanol–water partition coefficient (Wildman–Crippen LogP) is 2.01. The molecule has 2 aromatic rings. The molecule has 0 aliphatic rings. The molecular weight excluding hydrogens is 238 g/mol. The van der Waals surface area contributed by atoms with Crippen molar-refractivity contribution in [3.05, 3.63) is 46.9 Å². The number of aromatic nitrogens is 3. The highest BCUT2D eigenvalue weighted by molar-refractivity contribution is 6.28. The van der Waals surface area contributed by atoms with Crippen molar-refractivity contribution in [1.82, 2.24) is 15.2 Å². The average molecular weight is 246 g/mol. The smallest absolute Gasteiger partial charge is 0.244 e. The summed E-state index contributed by atoms with van der Waals surface area (Å²) in [4.78, 5) is 3.95. The molecule has 6 heteroatoms. The minimum absolute atomic E-state index is 0.106. The molecule has 0 fully saturated rings. The van der Waals surface area contributed by atoms with Crippen LogP contribution in [0, 0.1) is 11.3 Å². The van der Waals surface area contributed by atoms with Gasteiger partial charge in [0.15, 0.2) is 0 Å². The van der Waals surface area contributed by atoms with Gasteiger partial charge in [0.25, 0.3) is 0 Å². The summed E-state index contributed by atoms with van der Waals surface area (Å²) in [5.74, 6) is 0.564. The first kappa shape index (κ1) is 11.3. The Morgan fingerprint density at radius 3 is 2.71 bits per heavy atom. The average Bonchev–Trinajstić information content (AvgIpc) is 2.37. The van der Waals surface area contributed by atoms with Crippen LogP contribution in [0.2, 0.25) is 5.28 Å². The quantitative estimate of drug-likeness (QED) is 0.895. The summed E-state index contributed by atoms with van der Waals surface area (Å²) in [6.45, 7) is 0.584. The highest BCUT2D eigenvalue weighted by Crippen LogP contribution is 2.08. The number of benzene rings is 1. The number of nitriles is 1. The third kappa shape index (κ3) is 3.13. The number of hydrogen-bond donors (Lipinski definition) is 1. The van der Waals surface area contributed by atoms with E-state index in [0.717, 1.165) is 5.56 Å². The molecule has 0 aliphatic carbocycles. The van der Waals surface area contributed by atoms with Crippen molar-refractivity contribution >= 4 is 17.4 Å². The molecule has 2 rings (SSSR count). The van der Waals surface area contributed by atoms with Gasteiger partial charge in [-0.15, -0.1) is 5.10 Å². The van der Waals surface area contributed by atoms with Crippen LogP contribution in [0.15, 0.2) is 30.5 Å². The molecule has 1 aromatic heterocycles. The predicted molar refractivity (Wildman–Crippen MR) is 63.3 cm³/mol. The minimum Gasteiger partial charge on any atom is -0.365 e. The zero-order valence-corrected chi connectivity index (χ0v) is 9.52. The fourth-order valence-electron chi connectivity index (χ4n) is 1.26. The van der Waals surface area contributed by atoms with E-state index in [1.807, 2.05) is 12.1 Å². The highest BCUT2D eigenvalue weighted by atomic mass is 35.5. The van der Waals surface area contributed by atoms with Gasteiger partial charge in [0, 0.05) is 6.54 Å². The Morgan fingerprint density at radius 2 is 2.06 bits per heavy atom. The summed E-state index contributed by atoms with van der Waals surface area (Å²) in [5.41, 5.74) is 1.68. The van der Waals surface area contributed by atoms with Crippen LogP contribution in [0.25, 0.3) is 0 Å². The Kier molecular flexibility index (Phi) is 3.48. The summed E-state index contributed by atoms with van der Waals surface area (Å²) >= 11 is 5.61. The Balaban J connectivity index is 2.00. The number of hydrogen-bond acceptors (Lipinski definition) is 5. The molecule has 0 aliphatic heterocycles. The van der Waals surface area contributed by atoms with Crippen LogP contribution in [0.4, 0.5) is 5.82 Å². The van der Waals surface area contributed by atoms with E-state index in [4.69, 9.17) is 16.9 Å². The lowest BCUT2D eigenvalue weighted by Gasteiger charge is -2.04. The molecule has 17 heavy (non-hydrogen) atoms. The van der Waals surface area contributed by atoms with Crippen LogP contribution in [0.1, 0.15) is 11.1 Å². The van der Waals surface area contributed by atoms with E-state index in [-0.39, 0.29) is 5.28 Å². The van der Waals surface area contributed by atoms with E-state index in [1.54, 1.807) is 12.1 Å². The fraction of sp³-hybridized carbons (Fsp3) is 0.0909. The van der Waals surface area contributed by atoms with Crippen molar-refractivity contribution in [3.63, 3.8) is 0 Å². The first-order chi connectivity index (χ1) is 8.28. The largest absolute Gasteiger partial charge is 0.365 e. The van der Waals surface area contributed by atoms with Gasteiger partial charge in [0.05, 0.1) is 17.8 Å². The van der Waals surface area contributed by atoms with Gasteiger partial charge >= 0.3 is 0 Å². The number of nitrogens with one attached hydrogen (secondary N) is 1. The number of anilines is 1. The molecule has 84 valence electrons. The maximum absolute atomic E-state index is 8.66. The maximum atomic E-state index is 8.66. The number of nitrogens with zero attached hydrogens (tertiary/aromatic N) is 4. The number of halogens is 1. The van der Waals surface area contributed by atoms with Gasteiger partial charge in [0.2, 0.25) is 5.28 Å². The van der Waals surface area contributed by atoms with E-state index in [9.17, 15) is 0 Å². The van der Waals surface area contributed by atoms with E-state index in [2.05, 4.69) is 26.6 Å². The lowest BCUT2D eigenvalue weighted by atomic mass is 10.1. The summed E-state index contributed by atoms with van der Waals surface area (Å²) in [5, 5.41) is 19.0. The zero-order valence-electron chi connectivity index (χ0n) is 8.76. The molecule has 1 N–H and O–H groups in total. The van der Waals surface area contributed by atoms with Crippen molar-refractivity contribution in [2.75, 3.05) is 5.32 Å². The summed E-state index contributed by atoms with van der Waals surface area (Å²) < 4.78 is 0. The van der Waals surface area contributed by atoms with Gasteiger partial charge in [-0.05, 0) is 29.3 Å². The zero-order chi connectivity index (χ0) is 12.1. The van der Waals surface area contributed by atoms with Gasteiger partial charge < -0.3 is 5.32 Å². The van der Waals surface area contributed by atoms with Crippen LogP contribution < -0.4 is 5.32 Å². The lowest BCUT2D eigenvalue weighted by Crippen LogP contribution is -2.02. The van der Waals surface area contributed by atoms with Gasteiger partial charge in [-0.25, -0.2) is 0 Å². The third-order valence-electron chi connectivity index (χ3n) is 2.09. The second kappa shape index (κ2) is 5.23. The molecular formula is C11H8ClN5. The van der Waals surface area contributed by atoms with E-state index >= 15 is 0 Å². The lowest BCUT2D eigenvalue weighted by molar-refractivity contribution is 0.958. The third-order valence-corrected chi connectivity index (χ3v) is 2.25. The van der Waals surface area contributed by atoms with Crippen LogP contribution in [-0.4, -0.2) is 15.2 Å². The highest BCUT2D eigenvalue weighted by Gasteiger charge is 1.98. The monoisotopic (exact) mass is 245 g/mol. The van der Waals surface area contributed by atoms with Crippen LogP contribution >= 0.6 is 11.6 Å². The molecule has 0 spiro atoms. The van der Waals surface area contributed by atoms with Gasteiger partial charge in [-0.2, -0.15) is 15.3 Å². The fourth-order valence-corrected chi connectivity index (χ4v) is 1.39. The molecule has 0 saturated carbocycles. The Morgan fingerprint density at radius 1 is 1.29 bits per heavy atom. The summed E-state index contributed by atoms with van der Waals surface area (Å²) in [6.07, 6.45) is 1.50. The van der Waals surface area contributed by atoms with Gasteiger partial charge in [-0.3, -0.25) is 0 Å². The molecule has 0 atom stereocenters. The van der Waals surface area contributed by atoms with Gasteiger partial charge in [-0.1, -0.05) is 12.1 Å². The normalized spacial score (nSPS) is 9.65. The standard InChI is InChI=1S/C11H8ClN5/c12-11-16-10(7-15-17-11)14-6-9-3-1-8(5-13)2-4-9/h1-4,7H,6H2,(H,14,16,17). The van der Waals surface area contributed by atoms with Crippen molar-refractivity contribution in [2.24, 2.45) is 0 Å². The summed E-state index contributed by atoms with van der Waals surface area (Å²) in [7, 11) is 0. The van der Waals surface area contributed by atoms with Crippen LogP contribution in [0.3, 0.4) is 0 Å². The van der Waals surface area contributed by atoms with E-state index in [0.29, 0.717) is 17.9 Å². The first-order valence-corrected chi connectivity index (χ1v) is 5.24. The summed E-state index contributed by atoms with van der Waals surface area (Å²) in [6, 6.07) is 9.35. The Labute approximate surface area is 103 Å². The van der Waals surface area contributed by atoms with Crippen molar-refractivity contribution < 1.29 is 0 Å². The minimum atomic E-state index is 0.106. The molecule has 5 nitrogen and oxygen atoms in total. The van der Waals surface area contributed by atoms with Crippen LogP contribution in [0.5, 0.6) is 0 Å². The van der Waals surface area contributed by atoms with Crippen LogP contribution in [-0.2, 0) is 6.54 Å². The SMILES string of the molecule is N#Cc1ccc(CNc2cnnc(Cl)n2)cc1. The van der Waals surface area contributed by atoms with Crippen molar-refractivity contribution in [2.45, 2.75) is 6.54 Å². The molecule has 1 heterocycles. The van der Waals surface area contributed by atoms with E-state index < -0.39 is 0 Å². The number of rotatable bonds is 3. The molecule has 0 saturated heterocycles. The van der Waals surface area contributed by atoms with Gasteiger partial charge in [0.1, 0.15) is 5.82 Å². The second-order valence-electron chi connectivity index (χ2n) is 3.27. The molecule has 1 aromatic carbocycles. The molecule has 0 amide bonds. The van der Waals surface area contributed by atoms with Crippen molar-refractivity contribution in [3.8, 4) is 6.07 Å². The topological polar surface area (TPSA) is 74.5 Å². The van der Waals surface area contributed by atoms with E-state index in [1.165, 1.54) is 6.20 Å². The Bertz CT molecular complexity index is 547. The van der Waals surface area contributed by atoms with Crippen molar-refractivity contribution in [1.29, 1.82) is 5.26 Å². The first-order valence-electron chi connectivity index (χ1n) is 4.86. The maximum Gasteiger partial charge on any atom is 0.244 e. The molecule has 0 radical (unpaired) electrons. The second-order valence-corrected chi connectivity index (χ2v) is 3.61. The molecule has 0 bridgehead atoms. The Hall–Kier alpha value is -2.19.